The SMILES string of the molecule is O=C(NCCc1nc2c(s1)CCC2)N1CCC[C@@H](c2ccncn2)C1. The molecule has 2 aromatic rings. The molecule has 1 fully saturated rings. The van der Waals surface area contributed by atoms with Gasteiger partial charge >= 0.3 is 6.03 Å². The Morgan fingerprint density at radius 1 is 1.36 bits per heavy atom. The molecule has 2 aliphatic rings. The normalized spacial score (nSPS) is 19.7. The topological polar surface area (TPSA) is 71.0 Å². The molecule has 1 aliphatic carbocycles. The van der Waals surface area contributed by atoms with Crippen molar-refractivity contribution in [1.29, 1.82) is 0 Å². The third kappa shape index (κ3) is 3.81. The Balaban J connectivity index is 1.27. The van der Waals surface area contributed by atoms with Crippen LogP contribution in [-0.4, -0.2) is 45.5 Å². The average Bonchev–Trinajstić information content (AvgIpc) is 3.24. The van der Waals surface area contributed by atoms with Gasteiger partial charge in [-0.25, -0.2) is 19.7 Å². The fourth-order valence-electron chi connectivity index (χ4n) is 3.68. The minimum Gasteiger partial charge on any atom is -0.338 e. The Morgan fingerprint density at radius 3 is 3.16 bits per heavy atom. The maximum Gasteiger partial charge on any atom is 0.317 e. The van der Waals surface area contributed by atoms with Crippen LogP contribution in [-0.2, 0) is 19.3 Å². The molecule has 0 unspecified atom stereocenters. The number of urea groups is 1. The van der Waals surface area contributed by atoms with Gasteiger partial charge in [0, 0.05) is 48.7 Å². The Morgan fingerprint density at radius 2 is 2.32 bits per heavy atom. The third-order valence-corrected chi connectivity index (χ3v) is 6.20. The number of rotatable bonds is 4. The Hall–Kier alpha value is -2.02. The van der Waals surface area contributed by atoms with E-state index in [0.717, 1.165) is 49.5 Å². The number of likely N-dealkylation sites (tertiary alicyclic amines) is 1. The number of fused-ring (bicyclic) bond motifs is 1. The quantitative estimate of drug-likeness (QED) is 0.913. The molecule has 0 aromatic carbocycles. The minimum atomic E-state index is 0.0304. The lowest BCUT2D eigenvalue weighted by molar-refractivity contribution is 0.179. The highest BCUT2D eigenvalue weighted by molar-refractivity contribution is 7.11. The zero-order valence-corrected chi connectivity index (χ0v) is 15.1. The van der Waals surface area contributed by atoms with E-state index in [2.05, 4.69) is 15.3 Å². The van der Waals surface area contributed by atoms with Gasteiger partial charge in [-0.15, -0.1) is 11.3 Å². The van der Waals surface area contributed by atoms with Gasteiger partial charge in [-0.3, -0.25) is 0 Å². The summed E-state index contributed by atoms with van der Waals surface area (Å²) < 4.78 is 0. The summed E-state index contributed by atoms with van der Waals surface area (Å²) in [5, 5.41) is 4.21. The van der Waals surface area contributed by atoms with Crippen LogP contribution in [0.3, 0.4) is 0 Å². The number of carbonyl (C=O) groups excluding carboxylic acids is 1. The van der Waals surface area contributed by atoms with Crippen molar-refractivity contribution in [1.82, 2.24) is 25.2 Å². The van der Waals surface area contributed by atoms with Crippen molar-refractivity contribution >= 4 is 17.4 Å². The highest BCUT2D eigenvalue weighted by atomic mass is 32.1. The number of nitrogens with one attached hydrogen (secondary N) is 1. The number of piperidine rings is 1. The van der Waals surface area contributed by atoms with Gasteiger partial charge < -0.3 is 10.2 Å². The number of hydrogen-bond acceptors (Lipinski definition) is 5. The molecule has 3 heterocycles. The van der Waals surface area contributed by atoms with E-state index in [-0.39, 0.29) is 6.03 Å². The predicted molar refractivity (Wildman–Crippen MR) is 96.8 cm³/mol. The molecule has 1 N–H and O–H groups in total. The van der Waals surface area contributed by atoms with E-state index in [1.165, 1.54) is 23.4 Å². The molecule has 25 heavy (non-hydrogen) atoms. The number of carbonyl (C=O) groups is 1. The summed E-state index contributed by atoms with van der Waals surface area (Å²) in [6.45, 7) is 2.20. The molecule has 2 aromatic heterocycles. The molecule has 0 radical (unpaired) electrons. The zero-order valence-electron chi connectivity index (χ0n) is 14.3. The summed E-state index contributed by atoms with van der Waals surface area (Å²) >= 11 is 1.82. The van der Waals surface area contributed by atoms with Gasteiger partial charge in [0.15, 0.2) is 0 Å². The van der Waals surface area contributed by atoms with Crippen LogP contribution in [0.4, 0.5) is 4.79 Å². The van der Waals surface area contributed by atoms with E-state index in [1.807, 2.05) is 22.3 Å². The average molecular weight is 357 g/mol. The molecule has 1 aliphatic heterocycles. The first-order valence-corrected chi connectivity index (χ1v) is 9.87. The summed E-state index contributed by atoms with van der Waals surface area (Å²) in [5.41, 5.74) is 2.32. The molecule has 1 saturated heterocycles. The second-order valence-electron chi connectivity index (χ2n) is 6.73. The molecule has 1 atom stereocenters. The summed E-state index contributed by atoms with van der Waals surface area (Å²) in [5.74, 6) is 0.310. The highest BCUT2D eigenvalue weighted by Gasteiger charge is 2.25. The number of thiazole rings is 1. The van der Waals surface area contributed by atoms with Crippen molar-refractivity contribution in [2.45, 2.75) is 44.4 Å². The lowest BCUT2D eigenvalue weighted by atomic mass is 9.95. The first-order valence-electron chi connectivity index (χ1n) is 9.06. The van der Waals surface area contributed by atoms with Crippen LogP contribution in [0.5, 0.6) is 0 Å². The number of hydrogen-bond donors (Lipinski definition) is 1. The van der Waals surface area contributed by atoms with Crippen LogP contribution in [0.2, 0.25) is 0 Å². The molecule has 0 spiro atoms. The Kier molecular flexibility index (Phi) is 4.92. The molecular formula is C18H23N5OS. The monoisotopic (exact) mass is 357 g/mol. The predicted octanol–water partition coefficient (Wildman–Crippen LogP) is 2.55. The van der Waals surface area contributed by atoms with Crippen molar-refractivity contribution in [2.75, 3.05) is 19.6 Å². The molecule has 0 saturated carbocycles. The summed E-state index contributed by atoms with van der Waals surface area (Å²) in [6, 6.07) is 1.98. The molecule has 2 amide bonds. The molecule has 132 valence electrons. The fraction of sp³-hybridized carbons (Fsp3) is 0.556. The van der Waals surface area contributed by atoms with E-state index < -0.39 is 0 Å². The zero-order chi connectivity index (χ0) is 17.1. The molecular weight excluding hydrogens is 334 g/mol. The number of aromatic nitrogens is 3. The van der Waals surface area contributed by atoms with Gasteiger partial charge in [0.05, 0.1) is 10.7 Å². The lowest BCUT2D eigenvalue weighted by Gasteiger charge is -2.32. The minimum absolute atomic E-state index is 0.0304. The second-order valence-corrected chi connectivity index (χ2v) is 7.90. The number of nitrogens with zero attached hydrogens (tertiary/aromatic N) is 4. The maximum atomic E-state index is 12.5. The van der Waals surface area contributed by atoms with Crippen LogP contribution in [0.15, 0.2) is 18.6 Å². The van der Waals surface area contributed by atoms with E-state index in [1.54, 1.807) is 12.5 Å². The van der Waals surface area contributed by atoms with Crippen molar-refractivity contribution < 1.29 is 4.79 Å². The maximum absolute atomic E-state index is 12.5. The second kappa shape index (κ2) is 7.47. The van der Waals surface area contributed by atoms with Crippen LogP contribution < -0.4 is 5.32 Å². The number of aryl methyl sites for hydroxylation is 2. The molecule has 0 bridgehead atoms. The number of amides is 2. The van der Waals surface area contributed by atoms with Gasteiger partial charge in [0.2, 0.25) is 0 Å². The van der Waals surface area contributed by atoms with Crippen LogP contribution >= 0.6 is 11.3 Å². The fourth-order valence-corrected chi connectivity index (χ4v) is 4.84. The summed E-state index contributed by atoms with van der Waals surface area (Å²) in [4.78, 5) is 28.8. The van der Waals surface area contributed by atoms with E-state index in [9.17, 15) is 4.79 Å². The highest BCUT2D eigenvalue weighted by Crippen LogP contribution is 2.28. The first-order chi connectivity index (χ1) is 12.3. The summed E-state index contributed by atoms with van der Waals surface area (Å²) in [6.07, 6.45) is 9.81. The Bertz CT molecular complexity index is 711. The molecule has 4 rings (SSSR count). The van der Waals surface area contributed by atoms with Crippen molar-refractivity contribution in [3.8, 4) is 0 Å². The van der Waals surface area contributed by atoms with Gasteiger partial charge in [0.25, 0.3) is 0 Å². The smallest absolute Gasteiger partial charge is 0.317 e. The van der Waals surface area contributed by atoms with Crippen molar-refractivity contribution in [3.05, 3.63) is 39.9 Å². The standard InChI is InChI=1S/C18H23N5OS/c24-18(20-9-7-17-22-15-4-1-5-16(15)25-17)23-10-2-3-13(11-23)14-6-8-19-12-21-14/h6,8,12-13H,1-5,7,9-11H2,(H,20,24)/t13-/m1/s1. The first kappa shape index (κ1) is 16.4. The molecule has 6 nitrogen and oxygen atoms in total. The van der Waals surface area contributed by atoms with Gasteiger partial charge in [-0.2, -0.15) is 0 Å². The van der Waals surface area contributed by atoms with E-state index in [4.69, 9.17) is 4.98 Å². The third-order valence-electron chi connectivity index (χ3n) is 4.99. The van der Waals surface area contributed by atoms with E-state index >= 15 is 0 Å². The van der Waals surface area contributed by atoms with Crippen LogP contribution in [0, 0.1) is 0 Å². The van der Waals surface area contributed by atoms with Gasteiger partial charge in [-0.05, 0) is 38.2 Å². The lowest BCUT2D eigenvalue weighted by Crippen LogP contribution is -2.45. The van der Waals surface area contributed by atoms with Gasteiger partial charge in [0.1, 0.15) is 6.33 Å². The summed E-state index contributed by atoms with van der Waals surface area (Å²) in [7, 11) is 0. The van der Waals surface area contributed by atoms with Crippen molar-refractivity contribution in [2.24, 2.45) is 0 Å². The van der Waals surface area contributed by atoms with Gasteiger partial charge in [-0.1, -0.05) is 0 Å². The van der Waals surface area contributed by atoms with Crippen LogP contribution in [0.25, 0.3) is 0 Å². The van der Waals surface area contributed by atoms with E-state index in [0.29, 0.717) is 12.5 Å². The largest absolute Gasteiger partial charge is 0.338 e. The van der Waals surface area contributed by atoms with Crippen LogP contribution in [0.1, 0.15) is 46.5 Å². The Labute approximate surface area is 151 Å². The van der Waals surface area contributed by atoms with Crippen molar-refractivity contribution in [3.63, 3.8) is 0 Å². The molecule has 7 heteroatoms.